The van der Waals surface area contributed by atoms with Crippen molar-refractivity contribution in [2.75, 3.05) is 18.4 Å². The van der Waals surface area contributed by atoms with Crippen molar-refractivity contribution in [3.63, 3.8) is 0 Å². The van der Waals surface area contributed by atoms with E-state index in [2.05, 4.69) is 22.9 Å². The van der Waals surface area contributed by atoms with Crippen LogP contribution >= 0.6 is 0 Å². The maximum absolute atomic E-state index is 12.3. The Morgan fingerprint density at radius 3 is 2.38 bits per heavy atom. The van der Waals surface area contributed by atoms with Crippen LogP contribution in [-0.2, 0) is 4.79 Å². The minimum atomic E-state index is -0.0192. The van der Waals surface area contributed by atoms with Gasteiger partial charge in [0.1, 0.15) is 0 Å². The van der Waals surface area contributed by atoms with Gasteiger partial charge < -0.3 is 16.0 Å². The van der Waals surface area contributed by atoms with Gasteiger partial charge >= 0.3 is 0 Å². The number of anilines is 1. The number of hydrogen-bond acceptors (Lipinski definition) is 3. The summed E-state index contributed by atoms with van der Waals surface area (Å²) in [5.74, 6) is 1.06. The average Bonchev–Trinajstić information content (AvgIpc) is 3.16. The van der Waals surface area contributed by atoms with Crippen molar-refractivity contribution in [2.24, 2.45) is 11.8 Å². The van der Waals surface area contributed by atoms with Crippen LogP contribution in [0.3, 0.4) is 0 Å². The van der Waals surface area contributed by atoms with Crippen molar-refractivity contribution in [1.29, 1.82) is 0 Å². The lowest BCUT2D eigenvalue weighted by atomic mass is 9.84. The number of nitrogens with one attached hydrogen (secondary N) is 3. The van der Waals surface area contributed by atoms with Gasteiger partial charge in [-0.05, 0) is 74.9 Å². The van der Waals surface area contributed by atoms with Crippen LogP contribution in [0.2, 0.25) is 0 Å². The zero-order chi connectivity index (χ0) is 18.4. The predicted octanol–water partition coefficient (Wildman–Crippen LogP) is 3.32. The van der Waals surface area contributed by atoms with E-state index in [-0.39, 0.29) is 11.8 Å². The van der Waals surface area contributed by atoms with E-state index >= 15 is 0 Å². The van der Waals surface area contributed by atoms with Gasteiger partial charge in [-0.15, -0.1) is 0 Å². The lowest BCUT2D eigenvalue weighted by Crippen LogP contribution is -2.32. The second kappa shape index (κ2) is 9.17. The molecule has 1 aromatic rings. The molecule has 0 aromatic heterocycles. The highest BCUT2D eigenvalue weighted by Gasteiger charge is 2.22. The van der Waals surface area contributed by atoms with E-state index in [1.165, 1.54) is 12.8 Å². The molecule has 1 heterocycles. The Balaban J connectivity index is 1.46. The standard InChI is InChI=1S/C21H31N3O2/c1-15(16-10-12-22-13-11-16)14-20(25)23-19-8-6-17(7-9-19)21(26)24-18-4-2-3-5-18/h6-9,15-16,18,22H,2-5,10-14H2,1H3,(H,23,25)(H,24,26). The SMILES string of the molecule is CC(CC(=O)Nc1ccc(C(=O)NC2CCCC2)cc1)C1CCNCC1. The highest BCUT2D eigenvalue weighted by molar-refractivity contribution is 5.96. The summed E-state index contributed by atoms with van der Waals surface area (Å²) in [7, 11) is 0. The zero-order valence-corrected chi connectivity index (χ0v) is 15.7. The molecule has 1 aromatic carbocycles. The first-order valence-electron chi connectivity index (χ1n) is 10.0. The van der Waals surface area contributed by atoms with E-state index in [4.69, 9.17) is 0 Å². The average molecular weight is 357 g/mol. The molecule has 3 N–H and O–H groups in total. The highest BCUT2D eigenvalue weighted by atomic mass is 16.2. The van der Waals surface area contributed by atoms with Crippen molar-refractivity contribution >= 4 is 17.5 Å². The minimum Gasteiger partial charge on any atom is -0.349 e. The van der Waals surface area contributed by atoms with Crippen LogP contribution in [0.5, 0.6) is 0 Å². The molecule has 1 unspecified atom stereocenters. The predicted molar refractivity (Wildman–Crippen MR) is 104 cm³/mol. The summed E-state index contributed by atoms with van der Waals surface area (Å²) in [6, 6.07) is 7.53. The fourth-order valence-electron chi connectivity index (χ4n) is 4.13. The van der Waals surface area contributed by atoms with Gasteiger partial charge in [-0.25, -0.2) is 0 Å². The lowest BCUT2D eigenvalue weighted by molar-refractivity contribution is -0.117. The third-order valence-electron chi connectivity index (χ3n) is 5.82. The molecule has 2 amide bonds. The molecule has 26 heavy (non-hydrogen) atoms. The summed E-state index contributed by atoms with van der Waals surface area (Å²) in [4.78, 5) is 24.6. The molecule has 1 aliphatic carbocycles. The monoisotopic (exact) mass is 357 g/mol. The molecule has 0 radical (unpaired) electrons. The molecule has 3 rings (SSSR count). The molecule has 2 aliphatic rings. The Kier molecular flexibility index (Phi) is 6.67. The number of carbonyl (C=O) groups excluding carboxylic acids is 2. The number of benzene rings is 1. The van der Waals surface area contributed by atoms with Crippen molar-refractivity contribution in [2.45, 2.75) is 57.9 Å². The first kappa shape index (κ1) is 18.9. The van der Waals surface area contributed by atoms with Gasteiger partial charge in [0.15, 0.2) is 0 Å². The van der Waals surface area contributed by atoms with Gasteiger partial charge in [0.2, 0.25) is 5.91 Å². The Bertz CT molecular complexity index is 602. The van der Waals surface area contributed by atoms with E-state index < -0.39 is 0 Å². The molecule has 5 heteroatoms. The number of carbonyl (C=O) groups is 2. The van der Waals surface area contributed by atoms with Crippen molar-refractivity contribution < 1.29 is 9.59 Å². The Hall–Kier alpha value is -1.88. The van der Waals surface area contributed by atoms with Crippen LogP contribution in [0.4, 0.5) is 5.69 Å². The second-order valence-corrected chi connectivity index (χ2v) is 7.85. The second-order valence-electron chi connectivity index (χ2n) is 7.85. The first-order valence-corrected chi connectivity index (χ1v) is 10.0. The van der Waals surface area contributed by atoms with Crippen LogP contribution in [0.25, 0.3) is 0 Å². The number of piperidine rings is 1. The quantitative estimate of drug-likeness (QED) is 0.731. The number of rotatable bonds is 6. The molecule has 0 spiro atoms. The third kappa shape index (κ3) is 5.31. The molecule has 1 atom stereocenters. The third-order valence-corrected chi connectivity index (χ3v) is 5.82. The summed E-state index contributed by atoms with van der Waals surface area (Å²) in [5, 5.41) is 9.42. The highest BCUT2D eigenvalue weighted by Crippen LogP contribution is 2.25. The van der Waals surface area contributed by atoms with Gasteiger partial charge in [-0.2, -0.15) is 0 Å². The molecule has 1 saturated carbocycles. The van der Waals surface area contributed by atoms with E-state index in [0.717, 1.165) is 44.5 Å². The van der Waals surface area contributed by atoms with E-state index in [9.17, 15) is 9.59 Å². The fourth-order valence-corrected chi connectivity index (χ4v) is 4.13. The van der Waals surface area contributed by atoms with Crippen molar-refractivity contribution in [3.8, 4) is 0 Å². The maximum Gasteiger partial charge on any atom is 0.251 e. The lowest BCUT2D eigenvalue weighted by Gasteiger charge is -2.27. The van der Waals surface area contributed by atoms with E-state index in [1.54, 1.807) is 12.1 Å². The zero-order valence-electron chi connectivity index (χ0n) is 15.7. The van der Waals surface area contributed by atoms with Gasteiger partial charge in [0.25, 0.3) is 5.91 Å². The van der Waals surface area contributed by atoms with E-state index in [1.807, 2.05) is 12.1 Å². The normalized spacial score (nSPS) is 19.9. The van der Waals surface area contributed by atoms with E-state index in [0.29, 0.717) is 29.9 Å². The Labute approximate surface area is 156 Å². The van der Waals surface area contributed by atoms with Gasteiger partial charge in [0.05, 0.1) is 0 Å². The summed E-state index contributed by atoms with van der Waals surface area (Å²) >= 11 is 0. The van der Waals surface area contributed by atoms with Crippen LogP contribution in [0, 0.1) is 11.8 Å². The molecule has 0 bridgehead atoms. The Morgan fingerprint density at radius 1 is 1.08 bits per heavy atom. The molecule has 2 fully saturated rings. The Morgan fingerprint density at radius 2 is 1.73 bits per heavy atom. The minimum absolute atomic E-state index is 0.0192. The van der Waals surface area contributed by atoms with Crippen LogP contribution in [0.1, 0.15) is 62.2 Å². The largest absolute Gasteiger partial charge is 0.349 e. The van der Waals surface area contributed by atoms with Crippen LogP contribution in [-0.4, -0.2) is 30.9 Å². The number of hydrogen-bond donors (Lipinski definition) is 3. The molecular formula is C21H31N3O2. The molecule has 5 nitrogen and oxygen atoms in total. The summed E-state index contributed by atoms with van der Waals surface area (Å²) in [6.45, 7) is 4.29. The smallest absolute Gasteiger partial charge is 0.251 e. The van der Waals surface area contributed by atoms with Gasteiger partial charge in [0, 0.05) is 23.7 Å². The van der Waals surface area contributed by atoms with Crippen LogP contribution in [0.15, 0.2) is 24.3 Å². The topological polar surface area (TPSA) is 70.2 Å². The summed E-state index contributed by atoms with van der Waals surface area (Å²) in [6.07, 6.45) is 7.41. The molecule has 1 saturated heterocycles. The summed E-state index contributed by atoms with van der Waals surface area (Å²) in [5.41, 5.74) is 1.41. The van der Waals surface area contributed by atoms with Crippen molar-refractivity contribution in [1.82, 2.24) is 10.6 Å². The molecule has 1 aliphatic heterocycles. The number of amides is 2. The van der Waals surface area contributed by atoms with Gasteiger partial charge in [-0.1, -0.05) is 19.8 Å². The fraction of sp³-hybridized carbons (Fsp3) is 0.619. The maximum atomic E-state index is 12.3. The molecule has 142 valence electrons. The van der Waals surface area contributed by atoms with Crippen LogP contribution < -0.4 is 16.0 Å². The van der Waals surface area contributed by atoms with Crippen molar-refractivity contribution in [3.05, 3.63) is 29.8 Å². The summed E-state index contributed by atoms with van der Waals surface area (Å²) < 4.78 is 0. The molecular weight excluding hydrogens is 326 g/mol. The van der Waals surface area contributed by atoms with Gasteiger partial charge in [-0.3, -0.25) is 9.59 Å². The first-order chi connectivity index (χ1) is 12.6.